The fourth-order valence-electron chi connectivity index (χ4n) is 2.84. The topological polar surface area (TPSA) is 67.5 Å². The van der Waals surface area contributed by atoms with Crippen molar-refractivity contribution >= 4 is 5.82 Å². The molecule has 0 saturated carbocycles. The van der Waals surface area contributed by atoms with E-state index in [0.29, 0.717) is 5.88 Å². The van der Waals surface area contributed by atoms with Crippen LogP contribution in [0.3, 0.4) is 0 Å². The van der Waals surface area contributed by atoms with E-state index in [9.17, 15) is 0 Å². The summed E-state index contributed by atoms with van der Waals surface area (Å²) in [7, 11) is 1.65. The van der Waals surface area contributed by atoms with E-state index in [2.05, 4.69) is 19.8 Å². The first kappa shape index (κ1) is 16.0. The number of nitrogens with zero attached hydrogens (tertiary/aromatic N) is 4. The van der Waals surface area contributed by atoms with E-state index in [-0.39, 0.29) is 0 Å². The van der Waals surface area contributed by atoms with Gasteiger partial charge in [-0.3, -0.25) is 0 Å². The molecule has 2 rings (SSSR count). The van der Waals surface area contributed by atoms with Gasteiger partial charge in [0.2, 0.25) is 5.88 Å². The normalized spacial score (nSPS) is 16.8. The molecule has 0 aliphatic carbocycles. The third-order valence-corrected chi connectivity index (χ3v) is 4.02. The van der Waals surface area contributed by atoms with Crippen LogP contribution in [0.4, 0.5) is 5.82 Å². The summed E-state index contributed by atoms with van der Waals surface area (Å²) >= 11 is 0. The predicted molar refractivity (Wildman–Crippen MR) is 84.9 cm³/mol. The van der Waals surface area contributed by atoms with Crippen molar-refractivity contribution in [3.63, 3.8) is 0 Å². The maximum Gasteiger partial charge on any atom is 0.221 e. The molecule has 0 spiro atoms. The van der Waals surface area contributed by atoms with Crippen molar-refractivity contribution in [2.75, 3.05) is 51.3 Å². The second-order valence-electron chi connectivity index (χ2n) is 5.51. The lowest BCUT2D eigenvalue weighted by atomic mass is 10.3. The van der Waals surface area contributed by atoms with Gasteiger partial charge in [-0.2, -0.15) is 0 Å². The molecule has 0 aromatic carbocycles. The number of ether oxygens (including phenoxy) is 1. The lowest BCUT2D eigenvalue weighted by Crippen LogP contribution is -2.32. The first-order valence-electron chi connectivity index (χ1n) is 7.79. The van der Waals surface area contributed by atoms with E-state index in [1.54, 1.807) is 13.4 Å². The zero-order valence-electron chi connectivity index (χ0n) is 13.2. The Labute approximate surface area is 127 Å². The van der Waals surface area contributed by atoms with Gasteiger partial charge in [0.05, 0.1) is 12.7 Å². The smallest absolute Gasteiger partial charge is 0.221 e. The van der Waals surface area contributed by atoms with Crippen LogP contribution < -0.4 is 15.4 Å². The van der Waals surface area contributed by atoms with Gasteiger partial charge in [-0.25, -0.2) is 9.97 Å². The monoisotopic (exact) mass is 293 g/mol. The Bertz CT molecular complexity index is 440. The molecule has 1 saturated heterocycles. The molecule has 21 heavy (non-hydrogen) atoms. The summed E-state index contributed by atoms with van der Waals surface area (Å²) in [5, 5.41) is 0. The Morgan fingerprint density at radius 2 is 2.05 bits per heavy atom. The summed E-state index contributed by atoms with van der Waals surface area (Å²) in [6.45, 7) is 8.24. The number of methoxy groups -OCH3 is 1. The molecule has 0 atom stereocenters. The molecule has 0 bridgehead atoms. The minimum absolute atomic E-state index is 0.670. The molecule has 2 heterocycles. The Kier molecular flexibility index (Phi) is 6.20. The van der Waals surface area contributed by atoms with Crippen LogP contribution in [0.15, 0.2) is 6.33 Å². The van der Waals surface area contributed by atoms with Crippen LogP contribution >= 0.6 is 0 Å². The third kappa shape index (κ3) is 4.28. The number of hydrogen-bond acceptors (Lipinski definition) is 6. The third-order valence-electron chi connectivity index (χ3n) is 4.02. The van der Waals surface area contributed by atoms with Crippen LogP contribution in [-0.4, -0.2) is 61.2 Å². The molecule has 118 valence electrons. The highest BCUT2D eigenvalue weighted by Gasteiger charge is 2.18. The van der Waals surface area contributed by atoms with Crippen molar-refractivity contribution in [2.45, 2.75) is 26.2 Å². The zero-order chi connectivity index (χ0) is 15.1. The Morgan fingerprint density at radius 1 is 1.19 bits per heavy atom. The summed E-state index contributed by atoms with van der Waals surface area (Å²) in [6, 6.07) is 0. The maximum atomic E-state index is 5.56. The number of hydrogen-bond donors (Lipinski definition) is 1. The van der Waals surface area contributed by atoms with Crippen LogP contribution in [0.5, 0.6) is 5.88 Å². The molecule has 6 heteroatoms. The molecule has 6 nitrogen and oxygen atoms in total. The summed E-state index contributed by atoms with van der Waals surface area (Å²) < 4.78 is 5.29. The fourth-order valence-corrected chi connectivity index (χ4v) is 2.84. The van der Waals surface area contributed by atoms with Crippen molar-refractivity contribution in [1.29, 1.82) is 0 Å². The number of anilines is 1. The Morgan fingerprint density at radius 3 is 2.81 bits per heavy atom. The van der Waals surface area contributed by atoms with Crippen molar-refractivity contribution in [3.8, 4) is 5.88 Å². The average Bonchev–Trinajstić information content (AvgIpc) is 2.73. The van der Waals surface area contributed by atoms with Crippen LogP contribution in [0.2, 0.25) is 0 Å². The molecule has 1 aliphatic rings. The molecule has 0 amide bonds. The first-order valence-corrected chi connectivity index (χ1v) is 7.79. The minimum Gasteiger partial charge on any atom is -0.481 e. The van der Waals surface area contributed by atoms with Crippen molar-refractivity contribution in [2.24, 2.45) is 5.73 Å². The number of unbranched alkanes of at least 4 members (excludes halogenated alkanes) is 1. The van der Waals surface area contributed by atoms with Crippen molar-refractivity contribution in [1.82, 2.24) is 14.9 Å². The van der Waals surface area contributed by atoms with E-state index in [1.807, 2.05) is 6.92 Å². The maximum absolute atomic E-state index is 5.56. The molecule has 1 aromatic heterocycles. The molecule has 0 radical (unpaired) electrons. The van der Waals surface area contributed by atoms with Crippen molar-refractivity contribution < 1.29 is 4.74 Å². The van der Waals surface area contributed by atoms with Gasteiger partial charge < -0.3 is 20.3 Å². The molecular weight excluding hydrogens is 266 g/mol. The van der Waals surface area contributed by atoms with Gasteiger partial charge in [0.1, 0.15) is 12.1 Å². The van der Waals surface area contributed by atoms with E-state index < -0.39 is 0 Å². The van der Waals surface area contributed by atoms with Gasteiger partial charge >= 0.3 is 0 Å². The lowest BCUT2D eigenvalue weighted by molar-refractivity contribution is 0.288. The summed E-state index contributed by atoms with van der Waals surface area (Å²) in [4.78, 5) is 13.5. The van der Waals surface area contributed by atoms with Crippen LogP contribution in [0.1, 0.15) is 24.8 Å². The van der Waals surface area contributed by atoms with Gasteiger partial charge in [0, 0.05) is 19.6 Å². The molecule has 1 fully saturated rings. The second kappa shape index (κ2) is 8.14. The highest BCUT2D eigenvalue weighted by molar-refractivity contribution is 5.50. The van der Waals surface area contributed by atoms with Crippen LogP contribution in [0.25, 0.3) is 0 Å². The highest BCUT2D eigenvalue weighted by atomic mass is 16.5. The molecule has 1 aliphatic heterocycles. The predicted octanol–water partition coefficient (Wildman–Crippen LogP) is 1.04. The van der Waals surface area contributed by atoms with Gasteiger partial charge in [-0.15, -0.1) is 0 Å². The zero-order valence-corrected chi connectivity index (χ0v) is 13.2. The SMILES string of the molecule is COc1ncnc(N2CCCN(CCCCN)CC2)c1C. The van der Waals surface area contributed by atoms with Crippen LogP contribution in [-0.2, 0) is 0 Å². The molecule has 1 aromatic rings. The average molecular weight is 293 g/mol. The minimum atomic E-state index is 0.670. The lowest BCUT2D eigenvalue weighted by Gasteiger charge is -2.24. The summed E-state index contributed by atoms with van der Waals surface area (Å²) in [6.07, 6.45) is 5.05. The van der Waals surface area contributed by atoms with Gasteiger partial charge in [-0.05, 0) is 45.8 Å². The van der Waals surface area contributed by atoms with Gasteiger partial charge in [-0.1, -0.05) is 0 Å². The van der Waals surface area contributed by atoms with E-state index in [4.69, 9.17) is 10.5 Å². The number of rotatable bonds is 6. The van der Waals surface area contributed by atoms with Gasteiger partial charge in [0.15, 0.2) is 0 Å². The standard InChI is InChI=1S/C15H27N5O/c1-13-14(17-12-18-15(13)21-2)20-9-5-8-19(10-11-20)7-4-3-6-16/h12H,3-11,16H2,1-2H3. The van der Waals surface area contributed by atoms with E-state index in [1.165, 1.54) is 6.42 Å². The second-order valence-corrected chi connectivity index (χ2v) is 5.51. The Balaban J connectivity index is 1.96. The molecule has 0 unspecified atom stereocenters. The summed E-state index contributed by atoms with van der Waals surface area (Å²) in [5.74, 6) is 1.68. The van der Waals surface area contributed by atoms with E-state index in [0.717, 1.165) is 63.5 Å². The number of aromatic nitrogens is 2. The Hall–Kier alpha value is -1.40. The molecular formula is C15H27N5O. The first-order chi connectivity index (χ1) is 10.3. The summed E-state index contributed by atoms with van der Waals surface area (Å²) in [5.41, 5.74) is 6.59. The van der Waals surface area contributed by atoms with Crippen LogP contribution in [0, 0.1) is 6.92 Å². The quantitative estimate of drug-likeness (QED) is 0.791. The fraction of sp³-hybridized carbons (Fsp3) is 0.733. The van der Waals surface area contributed by atoms with E-state index >= 15 is 0 Å². The van der Waals surface area contributed by atoms with Crippen molar-refractivity contribution in [3.05, 3.63) is 11.9 Å². The highest BCUT2D eigenvalue weighted by Crippen LogP contribution is 2.24. The largest absolute Gasteiger partial charge is 0.481 e. The van der Waals surface area contributed by atoms with Gasteiger partial charge in [0.25, 0.3) is 0 Å². The molecule has 2 N–H and O–H groups in total. The number of nitrogens with two attached hydrogens (primary N) is 1.